The van der Waals surface area contributed by atoms with Crippen molar-refractivity contribution in [3.8, 4) is 0 Å². The largest absolute Gasteiger partial charge is 0.478 e. The van der Waals surface area contributed by atoms with Crippen molar-refractivity contribution in [2.45, 2.75) is 30.8 Å². The smallest absolute Gasteiger partial charge is 0.338 e. The fourth-order valence-electron chi connectivity index (χ4n) is 6.37. The fourth-order valence-corrected chi connectivity index (χ4v) is 6.37. The summed E-state index contributed by atoms with van der Waals surface area (Å²) in [4.78, 5) is 92.8. The SMILES string of the molecule is O=C1C=CC(=O)C([C@@H]2O[C@H](CNC(=O)c3ccccc3C(=O)O)[C@H](CC(=O)c3ccccc3)[C@H](OC(=O)c3ccccc3)[C@H]2OC(=O)c2ccccc2)=C1. The van der Waals surface area contributed by atoms with Gasteiger partial charge in [0.25, 0.3) is 5.91 Å². The second kappa shape index (κ2) is 16.7. The molecule has 4 aromatic carbocycles. The van der Waals surface area contributed by atoms with E-state index >= 15 is 0 Å². The predicted octanol–water partition coefficient (Wildman–Crippen LogP) is 4.86. The summed E-state index contributed by atoms with van der Waals surface area (Å²) in [5.41, 5.74) is -0.0779. The third-order valence-corrected chi connectivity index (χ3v) is 9.02. The number of nitrogens with one attached hydrogen (secondary N) is 1. The number of Topliss-reactive ketones (excluding diaryl/α,β-unsaturated/α-hetero) is 1. The molecule has 0 saturated carbocycles. The lowest BCUT2D eigenvalue weighted by molar-refractivity contribution is -0.188. The van der Waals surface area contributed by atoms with E-state index in [1.54, 1.807) is 66.7 Å². The molecule has 0 bridgehead atoms. The molecule has 12 nitrogen and oxygen atoms in total. The zero-order chi connectivity index (χ0) is 38.2. The van der Waals surface area contributed by atoms with Crippen LogP contribution >= 0.6 is 0 Å². The number of carbonyl (C=O) groups excluding carboxylic acids is 6. The molecule has 12 heteroatoms. The van der Waals surface area contributed by atoms with Crippen molar-refractivity contribution >= 4 is 41.2 Å². The van der Waals surface area contributed by atoms with Crippen LogP contribution in [-0.4, -0.2) is 77.2 Å². The van der Waals surface area contributed by atoms with Gasteiger partial charge in [0.2, 0.25) is 0 Å². The Hall–Kier alpha value is -6.79. The number of hydrogen-bond donors (Lipinski definition) is 2. The topological polar surface area (TPSA) is 179 Å². The van der Waals surface area contributed by atoms with Crippen LogP contribution in [0, 0.1) is 5.92 Å². The molecule has 1 amide bonds. The van der Waals surface area contributed by atoms with Gasteiger partial charge in [-0.2, -0.15) is 0 Å². The van der Waals surface area contributed by atoms with E-state index in [2.05, 4.69) is 5.32 Å². The molecule has 0 aromatic heterocycles. The summed E-state index contributed by atoms with van der Waals surface area (Å²) in [6, 6.07) is 29.6. The first-order valence-corrected chi connectivity index (χ1v) is 16.9. The summed E-state index contributed by atoms with van der Waals surface area (Å²) in [5, 5.41) is 12.4. The molecular formula is C42H33NO11. The first-order valence-electron chi connectivity index (χ1n) is 16.9. The molecule has 1 aliphatic heterocycles. The number of hydrogen-bond acceptors (Lipinski definition) is 10. The molecule has 0 unspecified atom stereocenters. The van der Waals surface area contributed by atoms with Gasteiger partial charge in [-0.3, -0.25) is 19.2 Å². The summed E-state index contributed by atoms with van der Waals surface area (Å²) < 4.78 is 18.7. The number of carboxylic acid groups (broad SMARTS) is 1. The minimum Gasteiger partial charge on any atom is -0.478 e. The van der Waals surface area contributed by atoms with E-state index in [9.17, 15) is 38.7 Å². The van der Waals surface area contributed by atoms with Crippen molar-refractivity contribution in [1.82, 2.24) is 5.32 Å². The Balaban J connectivity index is 1.46. The standard InChI is InChI=1S/C42H33NO11/c44-28-20-21-33(45)31(22-28)36-38(54-42(51)27-16-8-3-9-17-27)37(53-41(50)26-14-6-2-7-15-26)32(23-34(46)25-12-4-1-5-13-25)35(52-36)24-43-39(47)29-18-10-11-19-30(29)40(48)49/h1-22,32,35-38H,23-24H2,(H,43,47)(H,48,49)/t32-,35+,36-,37-,38-/m0/s1. The van der Waals surface area contributed by atoms with Crippen LogP contribution in [0.15, 0.2) is 139 Å². The zero-order valence-corrected chi connectivity index (χ0v) is 28.5. The molecule has 0 radical (unpaired) electrons. The fraction of sp³-hybridized carbons (Fsp3) is 0.167. The van der Waals surface area contributed by atoms with Gasteiger partial charge in [-0.05, 0) is 54.6 Å². The number of rotatable bonds is 12. The maximum atomic E-state index is 13.9. The van der Waals surface area contributed by atoms with Crippen LogP contribution in [0.2, 0.25) is 0 Å². The van der Waals surface area contributed by atoms with E-state index in [0.717, 1.165) is 18.2 Å². The molecular weight excluding hydrogens is 694 g/mol. The van der Waals surface area contributed by atoms with Crippen molar-refractivity contribution < 1.29 is 52.9 Å². The lowest BCUT2D eigenvalue weighted by Crippen LogP contribution is -2.61. The molecule has 1 aliphatic carbocycles. The zero-order valence-electron chi connectivity index (χ0n) is 28.5. The number of carbonyl (C=O) groups is 7. The number of aromatic carboxylic acids is 1. The minimum atomic E-state index is -1.59. The number of benzene rings is 4. The second-order valence-corrected chi connectivity index (χ2v) is 12.5. The Morgan fingerprint density at radius 3 is 1.74 bits per heavy atom. The molecule has 2 aliphatic rings. The van der Waals surface area contributed by atoms with Gasteiger partial charge in [-0.15, -0.1) is 0 Å². The summed E-state index contributed by atoms with van der Waals surface area (Å²) in [6.07, 6.45) is -3.10. The van der Waals surface area contributed by atoms with Crippen LogP contribution in [0.3, 0.4) is 0 Å². The molecule has 6 rings (SSSR count). The third-order valence-electron chi connectivity index (χ3n) is 9.02. The van der Waals surface area contributed by atoms with Gasteiger partial charge in [0, 0.05) is 30.0 Å². The minimum absolute atomic E-state index is 0.118. The lowest BCUT2D eigenvalue weighted by atomic mass is 9.79. The van der Waals surface area contributed by atoms with E-state index in [1.807, 2.05) is 0 Å². The summed E-state index contributed by atoms with van der Waals surface area (Å²) in [6.45, 7) is -0.389. The van der Waals surface area contributed by atoms with Crippen LogP contribution in [0.4, 0.5) is 0 Å². The Labute approximate surface area is 309 Å². The van der Waals surface area contributed by atoms with Gasteiger partial charge in [0.05, 0.1) is 28.4 Å². The van der Waals surface area contributed by atoms with Gasteiger partial charge in [-0.25, -0.2) is 14.4 Å². The monoisotopic (exact) mass is 727 g/mol. The van der Waals surface area contributed by atoms with Crippen LogP contribution in [-0.2, 0) is 23.8 Å². The van der Waals surface area contributed by atoms with Crippen LogP contribution < -0.4 is 5.32 Å². The van der Waals surface area contributed by atoms with E-state index in [0.29, 0.717) is 5.56 Å². The number of ether oxygens (including phenoxy) is 3. The van der Waals surface area contributed by atoms with Crippen molar-refractivity contribution in [1.29, 1.82) is 0 Å². The molecule has 4 aromatic rings. The molecule has 2 N–H and O–H groups in total. The van der Waals surface area contributed by atoms with Crippen molar-refractivity contribution in [3.05, 3.63) is 167 Å². The first-order chi connectivity index (χ1) is 26.1. The highest BCUT2D eigenvalue weighted by Crippen LogP contribution is 2.38. The summed E-state index contributed by atoms with van der Waals surface area (Å²) in [7, 11) is 0. The van der Waals surface area contributed by atoms with E-state index in [1.165, 1.54) is 48.5 Å². The quantitative estimate of drug-likeness (QED) is 0.116. The molecule has 5 atom stereocenters. The number of amides is 1. The van der Waals surface area contributed by atoms with E-state index in [4.69, 9.17) is 14.2 Å². The Kier molecular flexibility index (Phi) is 11.4. The van der Waals surface area contributed by atoms with Gasteiger partial charge in [-0.1, -0.05) is 78.9 Å². The average molecular weight is 728 g/mol. The lowest BCUT2D eigenvalue weighted by Gasteiger charge is -2.46. The molecule has 0 spiro atoms. The third kappa shape index (κ3) is 8.46. The number of ketones is 3. The van der Waals surface area contributed by atoms with Gasteiger partial charge < -0.3 is 24.6 Å². The Bertz CT molecular complexity index is 2140. The van der Waals surface area contributed by atoms with Crippen molar-refractivity contribution in [2.24, 2.45) is 5.92 Å². The van der Waals surface area contributed by atoms with Crippen molar-refractivity contribution in [3.63, 3.8) is 0 Å². The maximum Gasteiger partial charge on any atom is 0.338 e. The van der Waals surface area contributed by atoms with E-state index in [-0.39, 0.29) is 40.8 Å². The number of allylic oxidation sites excluding steroid dienone is 3. The highest BCUT2D eigenvalue weighted by atomic mass is 16.6. The molecule has 54 heavy (non-hydrogen) atoms. The summed E-state index contributed by atoms with van der Waals surface area (Å²) in [5.74, 6) is -6.60. The summed E-state index contributed by atoms with van der Waals surface area (Å²) >= 11 is 0. The molecule has 1 saturated heterocycles. The van der Waals surface area contributed by atoms with Gasteiger partial charge in [0.15, 0.2) is 23.5 Å². The van der Waals surface area contributed by atoms with Crippen LogP contribution in [0.1, 0.15) is 58.2 Å². The maximum absolute atomic E-state index is 13.9. The normalized spacial score (nSPS) is 20.7. The van der Waals surface area contributed by atoms with Gasteiger partial charge in [0.1, 0.15) is 12.2 Å². The van der Waals surface area contributed by atoms with E-state index < -0.39 is 71.5 Å². The van der Waals surface area contributed by atoms with Crippen LogP contribution in [0.5, 0.6) is 0 Å². The van der Waals surface area contributed by atoms with Crippen LogP contribution in [0.25, 0.3) is 0 Å². The number of esters is 2. The number of carboxylic acids is 1. The average Bonchev–Trinajstić information content (AvgIpc) is 3.20. The van der Waals surface area contributed by atoms with Gasteiger partial charge >= 0.3 is 17.9 Å². The Morgan fingerprint density at radius 1 is 0.648 bits per heavy atom. The highest BCUT2D eigenvalue weighted by Gasteiger charge is 2.53. The Morgan fingerprint density at radius 2 is 1.17 bits per heavy atom. The molecule has 1 fully saturated rings. The predicted molar refractivity (Wildman–Crippen MR) is 192 cm³/mol. The highest BCUT2D eigenvalue weighted by molar-refractivity contribution is 6.18. The molecule has 1 heterocycles. The molecule has 272 valence electrons. The second-order valence-electron chi connectivity index (χ2n) is 12.5. The first kappa shape index (κ1) is 37.0. The van der Waals surface area contributed by atoms with Crippen molar-refractivity contribution in [2.75, 3.05) is 6.54 Å².